The highest BCUT2D eigenvalue weighted by Gasteiger charge is 2.16. The molecule has 0 bridgehead atoms. The molecule has 0 aromatic carbocycles. The van der Waals surface area contributed by atoms with Gasteiger partial charge >= 0.3 is 0 Å². The number of nitrogens with zero attached hydrogens (tertiary/aromatic N) is 2. The summed E-state index contributed by atoms with van der Waals surface area (Å²) in [6, 6.07) is 0. The van der Waals surface area contributed by atoms with Crippen molar-refractivity contribution in [2.45, 2.75) is 19.4 Å². The quantitative estimate of drug-likeness (QED) is 0.640. The Morgan fingerprint density at radius 3 is 3.27 bits per heavy atom. The number of aryl methyl sites for hydroxylation is 1. The van der Waals surface area contributed by atoms with Crippen LogP contribution in [-0.4, -0.2) is 9.78 Å². The van der Waals surface area contributed by atoms with Crippen LogP contribution in [0.3, 0.4) is 0 Å². The molecule has 1 aliphatic rings. The smallest absolute Gasteiger partial charge is 0.0585 e. The maximum Gasteiger partial charge on any atom is 0.0585 e. The predicted molar refractivity (Wildman–Crippen MR) is 43.8 cm³/mol. The highest BCUT2D eigenvalue weighted by atomic mass is 15.3. The average molecular weight is 149 g/mol. The van der Waals surface area contributed by atoms with Gasteiger partial charge in [0.05, 0.1) is 6.20 Å². The van der Waals surface area contributed by atoms with Crippen molar-refractivity contribution < 1.29 is 0 Å². The van der Waals surface area contributed by atoms with Gasteiger partial charge in [0.25, 0.3) is 0 Å². The Morgan fingerprint density at radius 2 is 2.55 bits per heavy atom. The molecule has 2 heterocycles. The minimum Gasteiger partial charge on any atom is -0.399 e. The molecular formula is C8H11N3. The number of fused-ring (bicyclic) bond motifs is 1. The van der Waals surface area contributed by atoms with Crippen LogP contribution in [0.4, 0.5) is 0 Å². The molecule has 0 fully saturated rings. The second-order valence-electron chi connectivity index (χ2n) is 2.86. The average Bonchev–Trinajstić information content (AvgIpc) is 2.41. The van der Waals surface area contributed by atoms with Crippen molar-refractivity contribution in [3.8, 4) is 0 Å². The predicted octanol–water partition coefficient (Wildman–Crippen LogP) is 0.759. The van der Waals surface area contributed by atoms with E-state index in [0.29, 0.717) is 5.70 Å². The maximum absolute atomic E-state index is 5.58. The van der Waals surface area contributed by atoms with Crippen molar-refractivity contribution in [3.63, 3.8) is 0 Å². The third-order valence-electron chi connectivity index (χ3n) is 2.08. The van der Waals surface area contributed by atoms with Gasteiger partial charge in [-0.2, -0.15) is 5.10 Å². The van der Waals surface area contributed by atoms with E-state index in [1.807, 2.05) is 4.68 Å². The van der Waals surface area contributed by atoms with Crippen molar-refractivity contribution in [1.29, 1.82) is 0 Å². The van der Waals surface area contributed by atoms with Crippen LogP contribution in [0.15, 0.2) is 12.8 Å². The summed E-state index contributed by atoms with van der Waals surface area (Å²) in [5.74, 6) is 0. The lowest BCUT2D eigenvalue weighted by Crippen LogP contribution is -1.97. The van der Waals surface area contributed by atoms with E-state index in [9.17, 15) is 0 Å². The summed E-state index contributed by atoms with van der Waals surface area (Å²) in [6.07, 6.45) is 4.08. The van der Waals surface area contributed by atoms with E-state index in [1.165, 1.54) is 12.1 Å². The van der Waals surface area contributed by atoms with Gasteiger partial charge < -0.3 is 5.73 Å². The van der Waals surface area contributed by atoms with Crippen LogP contribution in [0, 0.1) is 0 Å². The Kier molecular flexibility index (Phi) is 1.24. The Hall–Kier alpha value is -1.25. The van der Waals surface area contributed by atoms with Gasteiger partial charge in [-0.25, -0.2) is 0 Å². The molecule has 3 nitrogen and oxygen atoms in total. The van der Waals surface area contributed by atoms with Crippen LogP contribution in [0.5, 0.6) is 0 Å². The number of hydrogen-bond donors (Lipinski definition) is 1. The Morgan fingerprint density at radius 1 is 1.73 bits per heavy atom. The monoisotopic (exact) mass is 149 g/mol. The third-order valence-corrected chi connectivity index (χ3v) is 2.08. The minimum absolute atomic E-state index is 0.633. The number of aromatic nitrogens is 2. The van der Waals surface area contributed by atoms with Crippen LogP contribution in [0.1, 0.15) is 17.7 Å². The summed E-state index contributed by atoms with van der Waals surface area (Å²) in [6.45, 7) is 4.73. The van der Waals surface area contributed by atoms with Crippen molar-refractivity contribution in [2.75, 3.05) is 0 Å². The molecule has 1 aromatic rings. The highest BCUT2D eigenvalue weighted by molar-refractivity contribution is 5.61. The summed E-state index contributed by atoms with van der Waals surface area (Å²) < 4.78 is 2.01. The van der Waals surface area contributed by atoms with Gasteiger partial charge in [-0.15, -0.1) is 0 Å². The van der Waals surface area contributed by atoms with Crippen LogP contribution in [-0.2, 0) is 13.0 Å². The summed E-state index contributed by atoms with van der Waals surface area (Å²) in [4.78, 5) is 0. The molecule has 11 heavy (non-hydrogen) atoms. The van der Waals surface area contributed by atoms with Gasteiger partial charge in [0, 0.05) is 23.5 Å². The van der Waals surface area contributed by atoms with E-state index >= 15 is 0 Å². The van der Waals surface area contributed by atoms with Gasteiger partial charge in [0.15, 0.2) is 0 Å². The van der Waals surface area contributed by atoms with Crippen LogP contribution in [0.25, 0.3) is 5.70 Å². The number of rotatable bonds is 1. The van der Waals surface area contributed by atoms with Crippen LogP contribution in [0.2, 0.25) is 0 Å². The zero-order valence-corrected chi connectivity index (χ0v) is 6.38. The van der Waals surface area contributed by atoms with Crippen molar-refractivity contribution >= 4 is 5.70 Å². The van der Waals surface area contributed by atoms with Gasteiger partial charge in [-0.05, 0) is 12.8 Å². The fraction of sp³-hybridized carbons (Fsp3) is 0.375. The van der Waals surface area contributed by atoms with E-state index in [4.69, 9.17) is 5.73 Å². The van der Waals surface area contributed by atoms with Gasteiger partial charge in [0.2, 0.25) is 0 Å². The SMILES string of the molecule is C=C(N)c1cnn2c1CCC2. The first-order valence-corrected chi connectivity index (χ1v) is 3.78. The van der Waals surface area contributed by atoms with Crippen molar-refractivity contribution in [1.82, 2.24) is 9.78 Å². The summed E-state index contributed by atoms with van der Waals surface area (Å²) in [7, 11) is 0. The molecule has 2 N–H and O–H groups in total. The molecule has 0 saturated carbocycles. The van der Waals surface area contributed by atoms with Crippen LogP contribution >= 0.6 is 0 Å². The first-order valence-electron chi connectivity index (χ1n) is 3.78. The molecule has 0 spiro atoms. The molecule has 0 amide bonds. The molecule has 1 aromatic heterocycles. The van der Waals surface area contributed by atoms with Crippen molar-refractivity contribution in [3.05, 3.63) is 24.0 Å². The second kappa shape index (κ2) is 2.12. The topological polar surface area (TPSA) is 43.8 Å². The molecule has 0 saturated heterocycles. The molecule has 1 aliphatic heterocycles. The van der Waals surface area contributed by atoms with Crippen LogP contribution < -0.4 is 5.73 Å². The fourth-order valence-electron chi connectivity index (χ4n) is 1.53. The van der Waals surface area contributed by atoms with E-state index in [2.05, 4.69) is 11.7 Å². The Bertz CT molecular complexity index is 298. The maximum atomic E-state index is 5.58. The Labute approximate surface area is 65.5 Å². The lowest BCUT2D eigenvalue weighted by atomic mass is 10.1. The highest BCUT2D eigenvalue weighted by Crippen LogP contribution is 2.20. The second-order valence-corrected chi connectivity index (χ2v) is 2.86. The first kappa shape index (κ1) is 6.46. The summed E-state index contributed by atoms with van der Waals surface area (Å²) in [5.41, 5.74) is 8.49. The Balaban J connectivity index is 2.50. The zero-order valence-electron chi connectivity index (χ0n) is 6.38. The summed E-state index contributed by atoms with van der Waals surface area (Å²) >= 11 is 0. The molecule has 58 valence electrons. The van der Waals surface area contributed by atoms with E-state index in [0.717, 1.165) is 18.5 Å². The van der Waals surface area contributed by atoms with Gasteiger partial charge in [-0.1, -0.05) is 6.58 Å². The lowest BCUT2D eigenvalue weighted by Gasteiger charge is -1.96. The zero-order chi connectivity index (χ0) is 7.84. The molecule has 0 aliphatic carbocycles. The van der Waals surface area contributed by atoms with E-state index in [1.54, 1.807) is 6.20 Å². The van der Waals surface area contributed by atoms with Gasteiger partial charge in [-0.3, -0.25) is 4.68 Å². The lowest BCUT2D eigenvalue weighted by molar-refractivity contribution is 0.656. The molecule has 0 atom stereocenters. The van der Waals surface area contributed by atoms with E-state index < -0.39 is 0 Å². The first-order chi connectivity index (χ1) is 5.29. The van der Waals surface area contributed by atoms with Gasteiger partial charge in [0.1, 0.15) is 0 Å². The number of hydrogen-bond acceptors (Lipinski definition) is 2. The fourth-order valence-corrected chi connectivity index (χ4v) is 1.53. The largest absolute Gasteiger partial charge is 0.399 e. The summed E-state index contributed by atoms with van der Waals surface area (Å²) in [5, 5.41) is 4.19. The van der Waals surface area contributed by atoms with E-state index in [-0.39, 0.29) is 0 Å². The standard InChI is InChI=1S/C8H11N3/c1-6(9)7-5-10-11-4-2-3-8(7)11/h5H,1-4,9H2. The third kappa shape index (κ3) is 0.843. The number of nitrogens with two attached hydrogens (primary N) is 1. The molecule has 0 radical (unpaired) electrons. The molecule has 2 rings (SSSR count). The molecule has 0 unspecified atom stereocenters. The van der Waals surface area contributed by atoms with Crippen molar-refractivity contribution in [2.24, 2.45) is 5.73 Å². The molecule has 3 heteroatoms. The molecular weight excluding hydrogens is 138 g/mol. The minimum atomic E-state index is 0.633. The normalized spacial score (nSPS) is 14.9.